The van der Waals surface area contributed by atoms with Crippen LogP contribution in [0.2, 0.25) is 0 Å². The van der Waals surface area contributed by atoms with Crippen molar-refractivity contribution in [3.63, 3.8) is 0 Å². The lowest BCUT2D eigenvalue weighted by atomic mass is 10.0. The van der Waals surface area contributed by atoms with E-state index in [-0.39, 0.29) is 22.9 Å². The number of anilines is 1. The largest absolute Gasteiger partial charge is 0.389 e. The third kappa shape index (κ3) is 6.90. The number of nitriles is 1. The zero-order valence-corrected chi connectivity index (χ0v) is 16.3. The number of rotatable bonds is 8. The minimum absolute atomic E-state index is 0.0924. The Morgan fingerprint density at radius 1 is 1.34 bits per heavy atom. The molecule has 1 aliphatic heterocycles. The van der Waals surface area contributed by atoms with Crippen molar-refractivity contribution in [3.05, 3.63) is 41.6 Å². The highest BCUT2D eigenvalue weighted by Crippen LogP contribution is 2.32. The third-order valence-corrected chi connectivity index (χ3v) is 4.95. The molecule has 0 radical (unpaired) electrons. The minimum atomic E-state index is -4.40. The first kappa shape index (κ1) is 23.0. The summed E-state index contributed by atoms with van der Waals surface area (Å²) in [4.78, 5) is 12.5. The smallest absolute Gasteiger partial charge is 0.326 e. The molecule has 0 unspecified atom stereocenters. The van der Waals surface area contributed by atoms with Crippen LogP contribution in [-0.4, -0.2) is 29.5 Å². The number of halogens is 5. The van der Waals surface area contributed by atoms with E-state index in [1.807, 2.05) is 0 Å². The van der Waals surface area contributed by atoms with Crippen molar-refractivity contribution in [1.82, 2.24) is 9.62 Å². The normalized spacial score (nSPS) is 15.3. The number of amides is 1. The van der Waals surface area contributed by atoms with Gasteiger partial charge in [0.15, 0.2) is 0 Å². The summed E-state index contributed by atoms with van der Waals surface area (Å²) in [6, 6.07) is 5.56. The van der Waals surface area contributed by atoms with Gasteiger partial charge in [-0.05, 0) is 18.6 Å². The fourth-order valence-electron chi connectivity index (χ4n) is 2.39. The molecule has 1 aliphatic rings. The molecule has 0 saturated carbocycles. The maximum Gasteiger partial charge on any atom is 0.389 e. The number of hydrogen-bond acceptors (Lipinski definition) is 5. The van der Waals surface area contributed by atoms with Gasteiger partial charge in [0, 0.05) is 49.8 Å². The molecule has 1 aromatic rings. The average Bonchev–Trinajstić information content (AvgIpc) is 2.57. The van der Waals surface area contributed by atoms with E-state index in [0.29, 0.717) is 20.0 Å². The number of nitrogens with one attached hydrogen (secondary N) is 2. The Balaban J connectivity index is 2.12. The van der Waals surface area contributed by atoms with Gasteiger partial charge in [0.05, 0.1) is 23.2 Å². The highest BCUT2D eigenvalue weighted by molar-refractivity contribution is 7.98. The van der Waals surface area contributed by atoms with E-state index in [1.165, 1.54) is 6.07 Å². The standard InChI is InChI=1S/C18H19F5N4OS/c1-11(5-6-18(21,22)23)25-16(28)14-7-13(17(2,19)20)3-4-15(14)26-29-27-9-12(8-24)10-27/h3-4,7,12,26H,1,5-6,9-10H2,2H3,(H,25,28). The monoisotopic (exact) mass is 434 g/mol. The lowest BCUT2D eigenvalue weighted by molar-refractivity contribution is -0.134. The highest BCUT2D eigenvalue weighted by atomic mass is 32.2. The van der Waals surface area contributed by atoms with Gasteiger partial charge < -0.3 is 10.0 Å². The Bertz CT molecular complexity index is 810. The molecule has 2 N–H and O–H groups in total. The molecule has 1 saturated heterocycles. The van der Waals surface area contributed by atoms with Gasteiger partial charge >= 0.3 is 6.18 Å². The van der Waals surface area contributed by atoms with Crippen LogP contribution in [0, 0.1) is 17.2 Å². The summed E-state index contributed by atoms with van der Waals surface area (Å²) in [6.07, 6.45) is -6.07. The Morgan fingerprint density at radius 3 is 2.55 bits per heavy atom. The lowest BCUT2D eigenvalue weighted by Gasteiger charge is -2.33. The second-order valence-corrected chi connectivity index (χ2v) is 7.59. The van der Waals surface area contributed by atoms with Crippen LogP contribution in [0.5, 0.6) is 0 Å². The van der Waals surface area contributed by atoms with Crippen LogP contribution >= 0.6 is 12.1 Å². The van der Waals surface area contributed by atoms with E-state index in [4.69, 9.17) is 5.26 Å². The van der Waals surface area contributed by atoms with E-state index in [2.05, 4.69) is 22.7 Å². The van der Waals surface area contributed by atoms with Crippen molar-refractivity contribution in [2.75, 3.05) is 17.8 Å². The minimum Gasteiger partial charge on any atom is -0.326 e. The molecular weight excluding hydrogens is 415 g/mol. The number of hydrogen-bond donors (Lipinski definition) is 2. The molecule has 0 aromatic heterocycles. The van der Waals surface area contributed by atoms with E-state index in [9.17, 15) is 26.7 Å². The lowest BCUT2D eigenvalue weighted by Crippen LogP contribution is -2.41. The number of carbonyl (C=O) groups is 1. The van der Waals surface area contributed by atoms with Gasteiger partial charge in [-0.3, -0.25) is 4.79 Å². The molecule has 0 bridgehead atoms. The Labute approximate surface area is 169 Å². The summed E-state index contributed by atoms with van der Waals surface area (Å²) in [5, 5.41) is 11.0. The number of allylic oxidation sites excluding steroid dienone is 1. The maximum atomic E-state index is 13.7. The molecular formula is C18H19F5N4OS. The zero-order valence-electron chi connectivity index (χ0n) is 15.4. The fraction of sp³-hybridized carbons (Fsp3) is 0.444. The summed E-state index contributed by atoms with van der Waals surface area (Å²) < 4.78 is 69.0. The topological polar surface area (TPSA) is 68.2 Å². The van der Waals surface area contributed by atoms with Gasteiger partial charge in [-0.15, -0.1) is 0 Å². The van der Waals surface area contributed by atoms with Crippen molar-refractivity contribution in [1.29, 1.82) is 5.26 Å². The predicted molar refractivity (Wildman–Crippen MR) is 99.8 cm³/mol. The Hall–Kier alpha value is -2.32. The number of carbonyl (C=O) groups excluding carboxylic acids is 1. The van der Waals surface area contributed by atoms with Crippen LogP contribution in [-0.2, 0) is 5.92 Å². The molecule has 1 heterocycles. The first-order valence-corrected chi connectivity index (χ1v) is 9.32. The molecule has 29 heavy (non-hydrogen) atoms. The molecule has 0 aliphatic carbocycles. The quantitative estimate of drug-likeness (QED) is 0.454. The van der Waals surface area contributed by atoms with Crippen molar-refractivity contribution < 1.29 is 26.7 Å². The summed E-state index contributed by atoms with van der Waals surface area (Å²) in [5.41, 5.74) is -0.515. The molecule has 5 nitrogen and oxygen atoms in total. The second kappa shape index (κ2) is 9.00. The van der Waals surface area contributed by atoms with Crippen LogP contribution in [0.15, 0.2) is 30.5 Å². The predicted octanol–water partition coefficient (Wildman–Crippen LogP) is 4.81. The summed E-state index contributed by atoms with van der Waals surface area (Å²) >= 11 is 1.11. The van der Waals surface area contributed by atoms with Crippen LogP contribution in [0.4, 0.5) is 27.6 Å². The van der Waals surface area contributed by atoms with Gasteiger partial charge in [-0.1, -0.05) is 12.6 Å². The second-order valence-electron chi connectivity index (χ2n) is 6.69. The first-order chi connectivity index (χ1) is 13.4. The summed E-state index contributed by atoms with van der Waals surface area (Å²) in [7, 11) is 0. The van der Waals surface area contributed by atoms with E-state index in [1.54, 1.807) is 4.31 Å². The van der Waals surface area contributed by atoms with Crippen molar-refractivity contribution in [3.8, 4) is 6.07 Å². The van der Waals surface area contributed by atoms with Gasteiger partial charge in [-0.2, -0.15) is 18.4 Å². The molecule has 0 spiro atoms. The first-order valence-electron chi connectivity index (χ1n) is 8.55. The van der Waals surface area contributed by atoms with Crippen LogP contribution in [0.25, 0.3) is 0 Å². The molecule has 1 amide bonds. The van der Waals surface area contributed by atoms with Crippen LogP contribution in [0.1, 0.15) is 35.7 Å². The van der Waals surface area contributed by atoms with Crippen molar-refractivity contribution in [2.45, 2.75) is 31.9 Å². The van der Waals surface area contributed by atoms with Gasteiger partial charge in [0.1, 0.15) is 0 Å². The molecule has 2 rings (SSSR count). The van der Waals surface area contributed by atoms with Crippen LogP contribution < -0.4 is 10.0 Å². The molecule has 0 atom stereocenters. The molecule has 158 valence electrons. The van der Waals surface area contributed by atoms with E-state index >= 15 is 0 Å². The highest BCUT2D eigenvalue weighted by Gasteiger charge is 2.30. The zero-order chi connectivity index (χ0) is 21.8. The maximum absolute atomic E-state index is 13.7. The molecule has 11 heteroatoms. The molecule has 1 fully saturated rings. The average molecular weight is 434 g/mol. The fourth-order valence-corrected chi connectivity index (χ4v) is 3.30. The number of benzene rings is 1. The Kier molecular flexibility index (Phi) is 7.13. The van der Waals surface area contributed by atoms with Gasteiger partial charge in [0.2, 0.25) is 0 Å². The van der Waals surface area contributed by atoms with E-state index < -0.39 is 36.4 Å². The van der Waals surface area contributed by atoms with Crippen molar-refractivity contribution >= 4 is 23.7 Å². The van der Waals surface area contributed by atoms with Crippen molar-refractivity contribution in [2.24, 2.45) is 5.92 Å². The Morgan fingerprint density at radius 2 is 2.00 bits per heavy atom. The van der Waals surface area contributed by atoms with Gasteiger partial charge in [-0.25, -0.2) is 13.1 Å². The summed E-state index contributed by atoms with van der Waals surface area (Å²) in [5.74, 6) is -4.14. The van der Waals surface area contributed by atoms with E-state index in [0.717, 1.165) is 24.3 Å². The van der Waals surface area contributed by atoms with Gasteiger partial charge in [0.25, 0.3) is 11.8 Å². The molecule has 1 aromatic carbocycles. The van der Waals surface area contributed by atoms with Crippen LogP contribution in [0.3, 0.4) is 0 Å². The SMILES string of the molecule is C=C(CCC(F)(F)F)NC(=O)c1cc(C(C)(F)F)ccc1NSN1CC(C#N)C1. The third-order valence-electron chi connectivity index (χ3n) is 4.09. The summed E-state index contributed by atoms with van der Waals surface area (Å²) in [6.45, 7) is 5.09. The number of alkyl halides is 5. The number of nitrogens with zero attached hydrogens (tertiary/aromatic N) is 2.